The van der Waals surface area contributed by atoms with Crippen LogP contribution in [0.1, 0.15) is 32.1 Å². The zero-order chi connectivity index (χ0) is 13.0. The average molecular weight is 255 g/mol. The standard InChI is InChI=1S/C12H21N3O3/c13-12(5-7-18-8-12)11(17)14-6-1-2-10(16)15-9-3-4-9/h9H,1-8,13H2,(H,14,17)(H,15,16). The Morgan fingerprint density at radius 1 is 1.39 bits per heavy atom. The number of rotatable bonds is 6. The predicted octanol–water partition coefficient (Wildman–Crippen LogP) is -0.721. The van der Waals surface area contributed by atoms with Gasteiger partial charge in [0.25, 0.3) is 0 Å². The maximum atomic E-state index is 11.8. The van der Waals surface area contributed by atoms with Gasteiger partial charge in [0.1, 0.15) is 5.54 Å². The van der Waals surface area contributed by atoms with Gasteiger partial charge in [-0.15, -0.1) is 0 Å². The molecule has 1 heterocycles. The Morgan fingerprint density at radius 2 is 2.17 bits per heavy atom. The van der Waals surface area contributed by atoms with Crippen molar-refractivity contribution in [3.8, 4) is 0 Å². The lowest BCUT2D eigenvalue weighted by atomic mass is 9.99. The van der Waals surface area contributed by atoms with Crippen LogP contribution in [0.25, 0.3) is 0 Å². The topological polar surface area (TPSA) is 93.5 Å². The van der Waals surface area contributed by atoms with Gasteiger partial charge in [-0.2, -0.15) is 0 Å². The lowest BCUT2D eigenvalue weighted by Crippen LogP contribution is -2.54. The Hall–Kier alpha value is -1.14. The molecule has 1 unspecified atom stereocenters. The number of hydrogen-bond acceptors (Lipinski definition) is 4. The molecule has 1 saturated heterocycles. The van der Waals surface area contributed by atoms with E-state index in [0.29, 0.717) is 38.5 Å². The van der Waals surface area contributed by atoms with Gasteiger partial charge in [0.05, 0.1) is 6.61 Å². The molecule has 4 N–H and O–H groups in total. The zero-order valence-corrected chi connectivity index (χ0v) is 10.5. The molecule has 2 amide bonds. The summed E-state index contributed by atoms with van der Waals surface area (Å²) in [5.41, 5.74) is 5.02. The van der Waals surface area contributed by atoms with E-state index >= 15 is 0 Å². The molecule has 0 aromatic rings. The fourth-order valence-corrected chi connectivity index (χ4v) is 1.91. The van der Waals surface area contributed by atoms with E-state index in [1.54, 1.807) is 0 Å². The molecule has 102 valence electrons. The summed E-state index contributed by atoms with van der Waals surface area (Å²) in [4.78, 5) is 23.2. The van der Waals surface area contributed by atoms with Crippen molar-refractivity contribution in [1.29, 1.82) is 0 Å². The van der Waals surface area contributed by atoms with Crippen molar-refractivity contribution in [2.24, 2.45) is 5.73 Å². The lowest BCUT2D eigenvalue weighted by molar-refractivity contribution is -0.126. The SMILES string of the molecule is NC1(C(=O)NCCCC(=O)NC2CC2)CCOC1. The quantitative estimate of drug-likeness (QED) is 0.546. The van der Waals surface area contributed by atoms with Gasteiger partial charge in [0.2, 0.25) is 11.8 Å². The van der Waals surface area contributed by atoms with E-state index in [1.165, 1.54) is 0 Å². The highest BCUT2D eigenvalue weighted by atomic mass is 16.5. The number of nitrogens with one attached hydrogen (secondary N) is 2. The third-order valence-electron chi connectivity index (χ3n) is 3.31. The summed E-state index contributed by atoms with van der Waals surface area (Å²) >= 11 is 0. The van der Waals surface area contributed by atoms with E-state index < -0.39 is 5.54 Å². The molecular formula is C12H21N3O3. The minimum atomic E-state index is -0.879. The second kappa shape index (κ2) is 5.67. The summed E-state index contributed by atoms with van der Waals surface area (Å²) in [5.74, 6) is -0.110. The van der Waals surface area contributed by atoms with Crippen LogP contribution >= 0.6 is 0 Å². The van der Waals surface area contributed by atoms with Crippen LogP contribution in [0.2, 0.25) is 0 Å². The highest BCUT2D eigenvalue weighted by molar-refractivity contribution is 5.86. The molecule has 2 aliphatic rings. The van der Waals surface area contributed by atoms with Crippen LogP contribution in [0.15, 0.2) is 0 Å². The summed E-state index contributed by atoms with van der Waals surface area (Å²) in [6.45, 7) is 1.30. The molecule has 18 heavy (non-hydrogen) atoms. The Bertz CT molecular complexity index is 323. The normalized spacial score (nSPS) is 26.9. The monoisotopic (exact) mass is 255 g/mol. The molecule has 2 rings (SSSR count). The van der Waals surface area contributed by atoms with Crippen molar-refractivity contribution < 1.29 is 14.3 Å². The van der Waals surface area contributed by atoms with Gasteiger partial charge in [-0.1, -0.05) is 0 Å². The van der Waals surface area contributed by atoms with E-state index in [9.17, 15) is 9.59 Å². The third kappa shape index (κ3) is 3.68. The molecule has 1 atom stereocenters. The van der Waals surface area contributed by atoms with Gasteiger partial charge in [-0.05, 0) is 25.7 Å². The number of carbonyl (C=O) groups excluding carboxylic acids is 2. The summed E-state index contributed by atoms with van der Waals surface area (Å²) < 4.78 is 5.13. The Balaban J connectivity index is 1.56. The molecule has 1 saturated carbocycles. The van der Waals surface area contributed by atoms with Crippen molar-refractivity contribution in [3.63, 3.8) is 0 Å². The van der Waals surface area contributed by atoms with Gasteiger partial charge < -0.3 is 21.1 Å². The van der Waals surface area contributed by atoms with Gasteiger partial charge >= 0.3 is 0 Å². The number of ether oxygens (including phenoxy) is 1. The fourth-order valence-electron chi connectivity index (χ4n) is 1.91. The number of nitrogens with two attached hydrogens (primary N) is 1. The van der Waals surface area contributed by atoms with Crippen LogP contribution in [-0.4, -0.2) is 43.2 Å². The molecule has 2 fully saturated rings. The first kappa shape index (κ1) is 13.3. The fraction of sp³-hybridized carbons (Fsp3) is 0.833. The van der Waals surface area contributed by atoms with Crippen molar-refractivity contribution in [2.75, 3.05) is 19.8 Å². The molecule has 1 aliphatic heterocycles. The van der Waals surface area contributed by atoms with Gasteiger partial charge in [-0.25, -0.2) is 0 Å². The van der Waals surface area contributed by atoms with E-state index in [-0.39, 0.29) is 18.4 Å². The van der Waals surface area contributed by atoms with Crippen molar-refractivity contribution in [2.45, 2.75) is 43.7 Å². The summed E-state index contributed by atoms with van der Waals surface area (Å²) in [7, 11) is 0. The molecule has 1 aliphatic carbocycles. The van der Waals surface area contributed by atoms with Crippen molar-refractivity contribution >= 4 is 11.8 Å². The Morgan fingerprint density at radius 3 is 2.78 bits per heavy atom. The van der Waals surface area contributed by atoms with E-state index in [2.05, 4.69) is 10.6 Å². The predicted molar refractivity (Wildman–Crippen MR) is 65.8 cm³/mol. The molecule has 0 aromatic heterocycles. The minimum absolute atomic E-state index is 0.0680. The van der Waals surface area contributed by atoms with Gasteiger partial charge in [-0.3, -0.25) is 9.59 Å². The van der Waals surface area contributed by atoms with Crippen LogP contribution < -0.4 is 16.4 Å². The minimum Gasteiger partial charge on any atom is -0.379 e. The molecule has 0 bridgehead atoms. The van der Waals surface area contributed by atoms with Gasteiger partial charge in [0.15, 0.2) is 0 Å². The summed E-state index contributed by atoms with van der Waals surface area (Å²) in [6, 6.07) is 0.398. The van der Waals surface area contributed by atoms with Gasteiger partial charge in [0, 0.05) is 25.6 Å². The van der Waals surface area contributed by atoms with E-state index in [0.717, 1.165) is 12.8 Å². The maximum Gasteiger partial charge on any atom is 0.242 e. The molecule has 0 aromatic carbocycles. The first-order valence-corrected chi connectivity index (χ1v) is 6.54. The van der Waals surface area contributed by atoms with Crippen LogP contribution in [0.4, 0.5) is 0 Å². The van der Waals surface area contributed by atoms with Crippen LogP contribution in [-0.2, 0) is 14.3 Å². The van der Waals surface area contributed by atoms with Crippen molar-refractivity contribution in [1.82, 2.24) is 10.6 Å². The highest BCUT2D eigenvalue weighted by Crippen LogP contribution is 2.18. The van der Waals surface area contributed by atoms with Crippen LogP contribution in [0.3, 0.4) is 0 Å². The second-order valence-corrected chi connectivity index (χ2v) is 5.16. The lowest BCUT2D eigenvalue weighted by Gasteiger charge is -2.20. The van der Waals surface area contributed by atoms with Crippen molar-refractivity contribution in [3.05, 3.63) is 0 Å². The first-order chi connectivity index (χ1) is 8.60. The Labute approximate surface area is 107 Å². The largest absolute Gasteiger partial charge is 0.379 e. The van der Waals surface area contributed by atoms with Crippen LogP contribution in [0, 0.1) is 0 Å². The smallest absolute Gasteiger partial charge is 0.242 e. The zero-order valence-electron chi connectivity index (χ0n) is 10.5. The number of hydrogen-bond donors (Lipinski definition) is 3. The highest BCUT2D eigenvalue weighted by Gasteiger charge is 2.37. The summed E-state index contributed by atoms with van der Waals surface area (Å²) in [5, 5.41) is 5.67. The molecule has 0 radical (unpaired) electrons. The number of carbonyl (C=O) groups is 2. The molecular weight excluding hydrogens is 234 g/mol. The average Bonchev–Trinajstić information content (AvgIpc) is 3.03. The maximum absolute atomic E-state index is 11.8. The second-order valence-electron chi connectivity index (χ2n) is 5.16. The van der Waals surface area contributed by atoms with E-state index in [4.69, 9.17) is 10.5 Å². The molecule has 6 heteroatoms. The van der Waals surface area contributed by atoms with Crippen LogP contribution in [0.5, 0.6) is 0 Å². The molecule has 6 nitrogen and oxygen atoms in total. The first-order valence-electron chi connectivity index (χ1n) is 6.54. The van der Waals surface area contributed by atoms with E-state index in [1.807, 2.05) is 0 Å². The molecule has 0 spiro atoms. The third-order valence-corrected chi connectivity index (χ3v) is 3.31. The summed E-state index contributed by atoms with van der Waals surface area (Å²) in [6.07, 6.45) is 3.84. The Kier molecular flexibility index (Phi) is 4.19. The number of amides is 2.